The molecule has 0 unspecified atom stereocenters. The molecule has 2 aromatic rings. The van der Waals surface area contributed by atoms with Crippen molar-refractivity contribution in [2.24, 2.45) is 0 Å². The molecule has 0 spiro atoms. The van der Waals surface area contributed by atoms with Crippen molar-refractivity contribution in [3.05, 3.63) is 51.0 Å². The number of thioether (sulfide) groups is 1. The first-order valence-electron chi connectivity index (χ1n) is 6.91. The standard InChI is InChI=1S/C16H11Cl2NO2S3/c17-11-3-1-9(7-12(11)18)13-4-2-10(21-13)8-14-15(20)19(5-6-22)16(23)24-14/h1-4,7-8,22H,5-6H2/b14-8-. The van der Waals surface area contributed by atoms with E-state index >= 15 is 0 Å². The number of nitrogens with zero attached hydrogens (tertiary/aromatic N) is 1. The number of carbonyl (C=O) groups is 1. The van der Waals surface area contributed by atoms with Gasteiger partial charge in [-0.15, -0.1) is 0 Å². The predicted octanol–water partition coefficient (Wildman–Crippen LogP) is 5.38. The second kappa shape index (κ2) is 7.54. The lowest BCUT2D eigenvalue weighted by atomic mass is 10.2. The van der Waals surface area contributed by atoms with Crippen LogP contribution in [0.5, 0.6) is 0 Å². The van der Waals surface area contributed by atoms with Gasteiger partial charge in [0.15, 0.2) is 0 Å². The monoisotopic (exact) mass is 415 g/mol. The lowest BCUT2D eigenvalue weighted by molar-refractivity contribution is -0.121. The zero-order valence-electron chi connectivity index (χ0n) is 12.2. The maximum absolute atomic E-state index is 12.3. The van der Waals surface area contributed by atoms with Gasteiger partial charge in [0.2, 0.25) is 0 Å². The molecule has 0 saturated carbocycles. The number of hydrogen-bond acceptors (Lipinski definition) is 5. The van der Waals surface area contributed by atoms with Gasteiger partial charge in [0.1, 0.15) is 15.8 Å². The summed E-state index contributed by atoms with van der Waals surface area (Å²) >= 11 is 22.6. The molecule has 1 saturated heterocycles. The molecule has 3 rings (SSSR count). The average molecular weight is 416 g/mol. The van der Waals surface area contributed by atoms with Gasteiger partial charge in [-0.05, 0) is 30.3 Å². The summed E-state index contributed by atoms with van der Waals surface area (Å²) in [6.07, 6.45) is 1.69. The van der Waals surface area contributed by atoms with Crippen LogP contribution >= 0.6 is 59.8 Å². The molecule has 1 amide bonds. The van der Waals surface area contributed by atoms with E-state index in [1.54, 1.807) is 29.2 Å². The number of benzene rings is 1. The zero-order valence-corrected chi connectivity index (χ0v) is 16.2. The van der Waals surface area contributed by atoms with Gasteiger partial charge in [-0.1, -0.05) is 47.2 Å². The first-order valence-corrected chi connectivity index (χ1v) is 9.52. The number of hydrogen-bond donors (Lipinski definition) is 1. The number of rotatable bonds is 4. The third-order valence-corrected chi connectivity index (χ3v) is 5.62. The van der Waals surface area contributed by atoms with Gasteiger partial charge >= 0.3 is 0 Å². The van der Waals surface area contributed by atoms with Crippen molar-refractivity contribution >= 4 is 76.1 Å². The Balaban J connectivity index is 1.85. The normalized spacial score (nSPS) is 16.5. The van der Waals surface area contributed by atoms with Crippen LogP contribution in [0.4, 0.5) is 0 Å². The highest BCUT2D eigenvalue weighted by Crippen LogP contribution is 2.34. The Morgan fingerprint density at radius 3 is 2.75 bits per heavy atom. The van der Waals surface area contributed by atoms with Crippen molar-refractivity contribution in [1.29, 1.82) is 0 Å². The fourth-order valence-corrected chi connectivity index (χ4v) is 3.94. The highest BCUT2D eigenvalue weighted by atomic mass is 35.5. The topological polar surface area (TPSA) is 33.5 Å². The van der Waals surface area contributed by atoms with Crippen LogP contribution in [0, 0.1) is 0 Å². The Labute approximate surface area is 164 Å². The molecule has 0 bridgehead atoms. The van der Waals surface area contributed by atoms with Gasteiger partial charge in [0.25, 0.3) is 5.91 Å². The Morgan fingerprint density at radius 1 is 1.25 bits per heavy atom. The van der Waals surface area contributed by atoms with Crippen LogP contribution in [0.25, 0.3) is 17.4 Å². The SMILES string of the molecule is O=C1/C(=C/c2ccc(-c3ccc(Cl)c(Cl)c3)o2)SC(=S)N1CCS. The minimum Gasteiger partial charge on any atom is -0.457 e. The van der Waals surface area contributed by atoms with Crippen molar-refractivity contribution in [1.82, 2.24) is 4.90 Å². The maximum Gasteiger partial charge on any atom is 0.266 e. The van der Waals surface area contributed by atoms with Crippen LogP contribution in [0.15, 0.2) is 39.7 Å². The van der Waals surface area contributed by atoms with E-state index in [0.29, 0.717) is 43.1 Å². The molecule has 0 aliphatic carbocycles. The Bertz CT molecular complexity index is 848. The smallest absolute Gasteiger partial charge is 0.266 e. The number of thiol groups is 1. The van der Waals surface area contributed by atoms with Crippen LogP contribution < -0.4 is 0 Å². The molecule has 1 fully saturated rings. The second-order valence-electron chi connectivity index (χ2n) is 4.89. The summed E-state index contributed by atoms with van der Waals surface area (Å²) in [4.78, 5) is 14.4. The molecule has 24 heavy (non-hydrogen) atoms. The summed E-state index contributed by atoms with van der Waals surface area (Å²) in [6, 6.07) is 8.88. The molecule has 1 aliphatic rings. The van der Waals surface area contributed by atoms with Gasteiger partial charge in [-0.25, -0.2) is 0 Å². The molecule has 0 radical (unpaired) electrons. The van der Waals surface area contributed by atoms with Gasteiger partial charge in [0, 0.05) is 23.9 Å². The Kier molecular flexibility index (Phi) is 5.62. The molecular weight excluding hydrogens is 405 g/mol. The largest absolute Gasteiger partial charge is 0.457 e. The second-order valence-corrected chi connectivity index (χ2v) is 7.83. The molecule has 2 heterocycles. The van der Waals surface area contributed by atoms with Crippen LogP contribution in [-0.4, -0.2) is 27.4 Å². The van der Waals surface area contributed by atoms with Crippen LogP contribution in [0.3, 0.4) is 0 Å². The Hall–Kier alpha value is -0.920. The number of furan rings is 1. The van der Waals surface area contributed by atoms with Crippen molar-refractivity contribution in [2.45, 2.75) is 0 Å². The van der Waals surface area contributed by atoms with E-state index in [4.69, 9.17) is 39.8 Å². The molecule has 8 heteroatoms. The summed E-state index contributed by atoms with van der Waals surface area (Å²) in [5, 5.41) is 0.944. The van der Waals surface area contributed by atoms with E-state index in [2.05, 4.69) is 12.6 Å². The third kappa shape index (κ3) is 3.68. The lowest BCUT2D eigenvalue weighted by Gasteiger charge is -2.11. The summed E-state index contributed by atoms with van der Waals surface area (Å²) in [6.45, 7) is 0.498. The fraction of sp³-hybridized carbons (Fsp3) is 0.125. The minimum atomic E-state index is -0.119. The summed E-state index contributed by atoms with van der Waals surface area (Å²) in [5.74, 6) is 1.65. The van der Waals surface area contributed by atoms with Crippen molar-refractivity contribution in [3.63, 3.8) is 0 Å². The highest BCUT2D eigenvalue weighted by molar-refractivity contribution is 8.26. The quantitative estimate of drug-likeness (QED) is 0.412. The lowest BCUT2D eigenvalue weighted by Crippen LogP contribution is -2.29. The van der Waals surface area contributed by atoms with E-state index < -0.39 is 0 Å². The number of halogens is 2. The molecule has 0 atom stereocenters. The first kappa shape index (κ1) is 17.9. The summed E-state index contributed by atoms with van der Waals surface area (Å²) in [5.41, 5.74) is 0.812. The van der Waals surface area contributed by atoms with Crippen LogP contribution in [-0.2, 0) is 4.79 Å². The molecule has 124 valence electrons. The van der Waals surface area contributed by atoms with E-state index in [1.807, 2.05) is 12.1 Å². The van der Waals surface area contributed by atoms with E-state index in [0.717, 1.165) is 5.56 Å². The van der Waals surface area contributed by atoms with Crippen LogP contribution in [0.1, 0.15) is 5.76 Å². The first-order chi connectivity index (χ1) is 11.5. The summed E-state index contributed by atoms with van der Waals surface area (Å²) < 4.78 is 6.32. The molecule has 0 N–H and O–H groups in total. The van der Waals surface area contributed by atoms with Crippen molar-refractivity contribution in [3.8, 4) is 11.3 Å². The van der Waals surface area contributed by atoms with E-state index in [9.17, 15) is 4.79 Å². The molecule has 1 aliphatic heterocycles. The van der Waals surface area contributed by atoms with Crippen molar-refractivity contribution < 1.29 is 9.21 Å². The van der Waals surface area contributed by atoms with Gasteiger partial charge in [0.05, 0.1) is 15.0 Å². The zero-order chi connectivity index (χ0) is 17.3. The third-order valence-electron chi connectivity index (χ3n) is 3.30. The van der Waals surface area contributed by atoms with Gasteiger partial charge < -0.3 is 4.42 Å². The van der Waals surface area contributed by atoms with Gasteiger partial charge in [-0.2, -0.15) is 12.6 Å². The molecule has 1 aromatic heterocycles. The van der Waals surface area contributed by atoms with Crippen LogP contribution in [0.2, 0.25) is 10.0 Å². The number of thiocarbonyl (C=S) groups is 1. The van der Waals surface area contributed by atoms with Gasteiger partial charge in [-0.3, -0.25) is 9.69 Å². The number of amides is 1. The Morgan fingerprint density at radius 2 is 2.04 bits per heavy atom. The fourth-order valence-electron chi connectivity index (χ4n) is 2.16. The van der Waals surface area contributed by atoms with E-state index in [-0.39, 0.29) is 5.91 Å². The highest BCUT2D eigenvalue weighted by Gasteiger charge is 2.31. The minimum absolute atomic E-state index is 0.119. The number of carbonyl (C=O) groups excluding carboxylic acids is 1. The molecule has 1 aromatic carbocycles. The average Bonchev–Trinajstić information content (AvgIpc) is 3.11. The maximum atomic E-state index is 12.3. The van der Waals surface area contributed by atoms with E-state index in [1.165, 1.54) is 11.8 Å². The van der Waals surface area contributed by atoms with Crippen molar-refractivity contribution in [2.75, 3.05) is 12.3 Å². The summed E-state index contributed by atoms with van der Waals surface area (Å²) in [7, 11) is 0. The predicted molar refractivity (Wildman–Crippen MR) is 108 cm³/mol. The molecular formula is C16H11Cl2NO2S3. The molecule has 3 nitrogen and oxygen atoms in total.